The second-order valence-electron chi connectivity index (χ2n) is 7.43. The van der Waals surface area contributed by atoms with E-state index in [-0.39, 0.29) is 35.2 Å². The van der Waals surface area contributed by atoms with Crippen molar-refractivity contribution >= 4 is 18.3 Å². The van der Waals surface area contributed by atoms with Crippen LogP contribution in [-0.4, -0.2) is 29.9 Å². The zero-order valence-corrected chi connectivity index (χ0v) is 13.7. The summed E-state index contributed by atoms with van der Waals surface area (Å²) < 4.78 is 0. The molecule has 1 saturated carbocycles. The minimum absolute atomic E-state index is 0. The monoisotopic (exact) mass is 288 g/mol. The number of hydrogen-bond donors (Lipinski definition) is 1. The molecule has 2 rings (SSSR count). The summed E-state index contributed by atoms with van der Waals surface area (Å²) in [5.41, 5.74) is 6.12. The Morgan fingerprint density at radius 1 is 1.26 bits per heavy atom. The molecule has 1 heterocycles. The molecule has 1 aliphatic carbocycles. The lowest BCUT2D eigenvalue weighted by molar-refractivity contribution is -0.138. The van der Waals surface area contributed by atoms with Crippen molar-refractivity contribution in [3.8, 4) is 0 Å². The van der Waals surface area contributed by atoms with Gasteiger partial charge >= 0.3 is 0 Å². The summed E-state index contributed by atoms with van der Waals surface area (Å²) in [5, 5.41) is 0. The molecule has 2 atom stereocenters. The van der Waals surface area contributed by atoms with Gasteiger partial charge in [0.15, 0.2) is 0 Å². The smallest absolute Gasteiger partial charge is 0.227 e. The van der Waals surface area contributed by atoms with Crippen LogP contribution >= 0.6 is 12.4 Å². The molecule has 19 heavy (non-hydrogen) atoms. The van der Waals surface area contributed by atoms with Crippen LogP contribution in [0.5, 0.6) is 0 Å². The quantitative estimate of drug-likeness (QED) is 0.849. The molecule has 0 aromatic carbocycles. The molecule has 0 spiro atoms. The summed E-state index contributed by atoms with van der Waals surface area (Å²) in [4.78, 5) is 14.8. The van der Waals surface area contributed by atoms with Gasteiger partial charge in [0.2, 0.25) is 5.91 Å². The van der Waals surface area contributed by atoms with Crippen molar-refractivity contribution in [3.63, 3.8) is 0 Å². The lowest BCUT2D eigenvalue weighted by Gasteiger charge is -2.38. The van der Waals surface area contributed by atoms with Gasteiger partial charge in [0.25, 0.3) is 0 Å². The van der Waals surface area contributed by atoms with Crippen molar-refractivity contribution in [3.05, 3.63) is 0 Å². The molecule has 2 aliphatic rings. The number of nitrogens with two attached hydrogens (primary N) is 1. The number of nitrogens with zero attached hydrogens (tertiary/aromatic N) is 1. The highest BCUT2D eigenvalue weighted by atomic mass is 35.5. The molecule has 112 valence electrons. The molecule has 0 aromatic rings. The van der Waals surface area contributed by atoms with Crippen LogP contribution in [-0.2, 0) is 4.79 Å². The van der Waals surface area contributed by atoms with E-state index in [1.54, 1.807) is 0 Å². The van der Waals surface area contributed by atoms with Gasteiger partial charge in [0.05, 0.1) is 0 Å². The van der Waals surface area contributed by atoms with Crippen LogP contribution in [0.25, 0.3) is 0 Å². The van der Waals surface area contributed by atoms with Crippen LogP contribution in [0.15, 0.2) is 0 Å². The fourth-order valence-corrected chi connectivity index (χ4v) is 3.74. The van der Waals surface area contributed by atoms with E-state index in [9.17, 15) is 4.79 Å². The topological polar surface area (TPSA) is 46.3 Å². The molecule has 2 N–H and O–H groups in total. The molecular weight excluding hydrogens is 260 g/mol. The van der Waals surface area contributed by atoms with E-state index in [4.69, 9.17) is 5.73 Å². The van der Waals surface area contributed by atoms with Crippen molar-refractivity contribution in [1.82, 2.24) is 4.90 Å². The highest BCUT2D eigenvalue weighted by molar-refractivity contribution is 5.85. The Labute approximate surface area is 123 Å². The highest BCUT2D eigenvalue weighted by Gasteiger charge is 2.69. The van der Waals surface area contributed by atoms with Crippen molar-refractivity contribution in [1.29, 1.82) is 0 Å². The average Bonchev–Trinajstić information content (AvgIpc) is 2.68. The Bertz CT molecular complexity index is 340. The summed E-state index contributed by atoms with van der Waals surface area (Å²) in [6, 6.07) is 0.258. The maximum absolute atomic E-state index is 12.7. The molecule has 1 saturated heterocycles. The number of likely N-dealkylation sites (tertiary alicyclic amines) is 1. The number of piperidine rings is 1. The normalized spacial score (nSPS) is 32.6. The van der Waals surface area contributed by atoms with Crippen molar-refractivity contribution in [2.24, 2.45) is 28.4 Å². The first-order chi connectivity index (χ1) is 8.23. The molecule has 2 fully saturated rings. The van der Waals surface area contributed by atoms with E-state index in [0.29, 0.717) is 18.4 Å². The third-order valence-electron chi connectivity index (χ3n) is 5.80. The Morgan fingerprint density at radius 3 is 2.21 bits per heavy atom. The van der Waals surface area contributed by atoms with Gasteiger partial charge in [-0.15, -0.1) is 12.4 Å². The molecule has 1 amide bonds. The third kappa shape index (κ3) is 2.52. The predicted octanol–water partition coefficient (Wildman–Crippen LogP) is 2.68. The Morgan fingerprint density at radius 2 is 1.79 bits per heavy atom. The molecule has 0 radical (unpaired) electrons. The fourth-order valence-electron chi connectivity index (χ4n) is 3.74. The lowest BCUT2D eigenvalue weighted by atomic mass is 9.91. The van der Waals surface area contributed by atoms with Crippen molar-refractivity contribution < 1.29 is 4.79 Å². The number of rotatable bonds is 2. The third-order valence-corrected chi connectivity index (χ3v) is 5.80. The second kappa shape index (κ2) is 5.25. The van der Waals surface area contributed by atoms with Gasteiger partial charge in [-0.05, 0) is 29.6 Å². The Kier molecular flexibility index (Phi) is 4.63. The van der Waals surface area contributed by atoms with Gasteiger partial charge in [-0.3, -0.25) is 4.79 Å². The zero-order chi connectivity index (χ0) is 13.7. The first kappa shape index (κ1) is 16.8. The predicted molar refractivity (Wildman–Crippen MR) is 81.3 cm³/mol. The van der Waals surface area contributed by atoms with Gasteiger partial charge < -0.3 is 10.6 Å². The molecule has 0 bridgehead atoms. The molecule has 3 nitrogen and oxygen atoms in total. The molecule has 1 aliphatic heterocycles. The van der Waals surface area contributed by atoms with Crippen molar-refractivity contribution in [2.45, 2.75) is 53.5 Å². The number of carbonyl (C=O) groups excluding carboxylic acids is 1. The highest BCUT2D eigenvalue weighted by Crippen LogP contribution is 2.69. The van der Waals surface area contributed by atoms with E-state index in [1.165, 1.54) is 0 Å². The van der Waals surface area contributed by atoms with Crippen LogP contribution in [0.3, 0.4) is 0 Å². The minimum atomic E-state index is 0. The molecule has 2 unspecified atom stereocenters. The second-order valence-corrected chi connectivity index (χ2v) is 7.43. The van der Waals surface area contributed by atoms with Crippen LogP contribution in [0.1, 0.15) is 47.5 Å². The number of carbonyl (C=O) groups is 1. The number of amides is 1. The van der Waals surface area contributed by atoms with Crippen LogP contribution in [0.2, 0.25) is 0 Å². The standard InChI is InChI=1S/C15H28N2O.ClH/c1-10-6-7-17(11(8-10)9-16)13(18)12-14(2,3)15(12,4)5;/h10-12H,6-9,16H2,1-5H3;1H. The van der Waals surface area contributed by atoms with E-state index < -0.39 is 0 Å². The van der Waals surface area contributed by atoms with Crippen molar-refractivity contribution in [2.75, 3.05) is 13.1 Å². The molecule has 0 aromatic heterocycles. The Hall–Kier alpha value is -0.280. The van der Waals surface area contributed by atoms with Crippen LogP contribution < -0.4 is 5.73 Å². The minimum Gasteiger partial charge on any atom is -0.338 e. The maximum Gasteiger partial charge on any atom is 0.227 e. The van der Waals surface area contributed by atoms with Gasteiger partial charge in [-0.1, -0.05) is 34.6 Å². The SMILES string of the molecule is CC1CCN(C(=O)C2C(C)(C)C2(C)C)C(CN)C1.Cl. The molecule has 4 heteroatoms. The first-order valence-electron chi connectivity index (χ1n) is 7.24. The maximum atomic E-state index is 12.7. The largest absolute Gasteiger partial charge is 0.338 e. The fraction of sp³-hybridized carbons (Fsp3) is 0.933. The Balaban J connectivity index is 0.00000180. The van der Waals surface area contributed by atoms with Gasteiger partial charge in [-0.2, -0.15) is 0 Å². The van der Waals surface area contributed by atoms with Gasteiger partial charge in [0.1, 0.15) is 0 Å². The number of halogens is 1. The van der Waals surface area contributed by atoms with E-state index >= 15 is 0 Å². The number of hydrogen-bond acceptors (Lipinski definition) is 2. The van der Waals surface area contributed by atoms with Crippen LogP contribution in [0.4, 0.5) is 0 Å². The summed E-state index contributed by atoms with van der Waals surface area (Å²) in [6.07, 6.45) is 2.19. The van der Waals surface area contributed by atoms with Gasteiger partial charge in [-0.25, -0.2) is 0 Å². The van der Waals surface area contributed by atoms with Gasteiger partial charge in [0, 0.05) is 25.0 Å². The average molecular weight is 289 g/mol. The van der Waals surface area contributed by atoms with Crippen LogP contribution in [0, 0.1) is 22.7 Å². The molecular formula is C15H29ClN2O. The first-order valence-corrected chi connectivity index (χ1v) is 7.24. The van der Waals surface area contributed by atoms with E-state index in [0.717, 1.165) is 19.4 Å². The summed E-state index contributed by atoms with van der Waals surface area (Å²) in [6.45, 7) is 12.6. The van der Waals surface area contributed by atoms with E-state index in [2.05, 4.69) is 39.5 Å². The summed E-state index contributed by atoms with van der Waals surface area (Å²) in [7, 11) is 0. The lowest BCUT2D eigenvalue weighted by Crippen LogP contribution is -2.50. The van der Waals surface area contributed by atoms with E-state index in [1.807, 2.05) is 0 Å². The summed E-state index contributed by atoms with van der Waals surface area (Å²) >= 11 is 0. The summed E-state index contributed by atoms with van der Waals surface area (Å²) in [5.74, 6) is 1.21. The zero-order valence-electron chi connectivity index (χ0n) is 12.9.